The maximum atomic E-state index is 5.56. The Morgan fingerprint density at radius 1 is 1.54 bits per heavy atom. The first kappa shape index (κ1) is 10.1. The van der Waals surface area contributed by atoms with Crippen molar-refractivity contribution in [2.75, 3.05) is 6.61 Å². The van der Waals surface area contributed by atoms with Crippen molar-refractivity contribution in [2.45, 2.75) is 32.9 Å². The Bertz CT molecular complexity index is 260. The summed E-state index contributed by atoms with van der Waals surface area (Å²) < 4.78 is 10.2. The zero-order valence-corrected chi connectivity index (χ0v) is 8.15. The molecule has 0 aromatic carbocycles. The number of rotatable bonds is 4. The van der Waals surface area contributed by atoms with Crippen LogP contribution in [-0.4, -0.2) is 16.7 Å². The van der Waals surface area contributed by atoms with Gasteiger partial charge in [0.05, 0.1) is 6.04 Å². The molecule has 1 aromatic rings. The van der Waals surface area contributed by atoms with Crippen LogP contribution in [0.2, 0.25) is 0 Å². The van der Waals surface area contributed by atoms with E-state index in [0.717, 1.165) is 0 Å². The average Bonchev–Trinajstić information content (AvgIpc) is 2.52. The van der Waals surface area contributed by atoms with Gasteiger partial charge in [0.15, 0.2) is 5.82 Å². The molecular formula is C8H15N3O2. The number of hydrogen-bond acceptors (Lipinski definition) is 5. The van der Waals surface area contributed by atoms with Crippen molar-refractivity contribution < 1.29 is 9.26 Å². The van der Waals surface area contributed by atoms with Crippen LogP contribution < -0.4 is 5.73 Å². The second-order valence-electron chi connectivity index (χ2n) is 2.88. The van der Waals surface area contributed by atoms with Gasteiger partial charge in [0.1, 0.15) is 6.10 Å². The van der Waals surface area contributed by atoms with Crippen molar-refractivity contribution in [3.8, 4) is 0 Å². The number of nitrogens with two attached hydrogens (primary N) is 1. The molecule has 0 saturated carbocycles. The fraction of sp³-hybridized carbons (Fsp3) is 0.750. The number of nitrogens with zero attached hydrogens (tertiary/aromatic N) is 2. The van der Waals surface area contributed by atoms with Crippen molar-refractivity contribution in [3.63, 3.8) is 0 Å². The van der Waals surface area contributed by atoms with Gasteiger partial charge in [-0.2, -0.15) is 4.98 Å². The van der Waals surface area contributed by atoms with Crippen molar-refractivity contribution >= 4 is 0 Å². The highest BCUT2D eigenvalue weighted by atomic mass is 16.5. The standard InChI is InChI=1S/C8H15N3O2/c1-4-12-6(3)7-10-8(5(2)9)13-11-7/h5-6H,4,9H2,1-3H3/t5-,6?/m1/s1. The summed E-state index contributed by atoms with van der Waals surface area (Å²) in [7, 11) is 0. The van der Waals surface area contributed by atoms with Crippen LogP contribution in [-0.2, 0) is 4.74 Å². The lowest BCUT2D eigenvalue weighted by molar-refractivity contribution is 0.0683. The predicted octanol–water partition coefficient (Wildman–Crippen LogP) is 1.19. The summed E-state index contributed by atoms with van der Waals surface area (Å²) in [4.78, 5) is 4.10. The first-order valence-corrected chi connectivity index (χ1v) is 4.35. The molecule has 13 heavy (non-hydrogen) atoms. The second-order valence-corrected chi connectivity index (χ2v) is 2.88. The molecule has 2 N–H and O–H groups in total. The largest absolute Gasteiger partial charge is 0.371 e. The lowest BCUT2D eigenvalue weighted by Gasteiger charge is -2.04. The molecule has 0 aliphatic heterocycles. The first-order chi connectivity index (χ1) is 6.15. The summed E-state index contributed by atoms with van der Waals surface area (Å²) in [6, 6.07) is -0.227. The van der Waals surface area contributed by atoms with Gasteiger partial charge in [-0.1, -0.05) is 5.16 Å². The van der Waals surface area contributed by atoms with E-state index >= 15 is 0 Å². The Morgan fingerprint density at radius 2 is 2.23 bits per heavy atom. The third kappa shape index (κ3) is 2.50. The molecular weight excluding hydrogens is 170 g/mol. The Kier molecular flexibility index (Phi) is 3.39. The lowest BCUT2D eigenvalue weighted by atomic mass is 10.3. The highest BCUT2D eigenvalue weighted by molar-refractivity contribution is 4.92. The van der Waals surface area contributed by atoms with Gasteiger partial charge in [0, 0.05) is 6.61 Å². The molecule has 2 atom stereocenters. The van der Waals surface area contributed by atoms with Gasteiger partial charge in [-0.05, 0) is 20.8 Å². The van der Waals surface area contributed by atoms with Gasteiger partial charge >= 0.3 is 0 Å². The SMILES string of the molecule is CCOC(C)c1noc([C@@H](C)N)n1. The van der Waals surface area contributed by atoms with E-state index in [1.165, 1.54) is 0 Å². The van der Waals surface area contributed by atoms with E-state index in [1.807, 2.05) is 13.8 Å². The second kappa shape index (κ2) is 4.34. The molecule has 1 heterocycles. The molecule has 0 fully saturated rings. The summed E-state index contributed by atoms with van der Waals surface area (Å²) >= 11 is 0. The zero-order valence-electron chi connectivity index (χ0n) is 8.15. The minimum atomic E-state index is -0.227. The Hall–Kier alpha value is -0.940. The molecule has 5 nitrogen and oxygen atoms in total. The van der Waals surface area contributed by atoms with Gasteiger partial charge in [-0.3, -0.25) is 0 Å². The van der Waals surface area contributed by atoms with E-state index in [2.05, 4.69) is 10.1 Å². The average molecular weight is 185 g/mol. The third-order valence-corrected chi connectivity index (χ3v) is 1.63. The third-order valence-electron chi connectivity index (χ3n) is 1.63. The van der Waals surface area contributed by atoms with E-state index in [9.17, 15) is 0 Å². The number of hydrogen-bond donors (Lipinski definition) is 1. The van der Waals surface area contributed by atoms with Crippen LogP contribution in [0.5, 0.6) is 0 Å². The van der Waals surface area contributed by atoms with Crippen molar-refractivity contribution in [3.05, 3.63) is 11.7 Å². The van der Waals surface area contributed by atoms with Crippen molar-refractivity contribution in [1.82, 2.24) is 10.1 Å². The summed E-state index contributed by atoms with van der Waals surface area (Å²) in [6.45, 7) is 6.22. The van der Waals surface area contributed by atoms with Crippen LogP contribution in [0.1, 0.15) is 44.6 Å². The fourth-order valence-electron chi connectivity index (χ4n) is 0.922. The molecule has 1 rings (SSSR count). The smallest absolute Gasteiger partial charge is 0.243 e. The molecule has 0 saturated heterocycles. The molecule has 0 amide bonds. The van der Waals surface area contributed by atoms with Gasteiger partial charge in [-0.15, -0.1) is 0 Å². The van der Waals surface area contributed by atoms with E-state index in [-0.39, 0.29) is 12.1 Å². The molecule has 1 aromatic heterocycles. The molecule has 0 aliphatic rings. The topological polar surface area (TPSA) is 74.2 Å². The quantitative estimate of drug-likeness (QED) is 0.762. The van der Waals surface area contributed by atoms with Crippen LogP contribution in [0.3, 0.4) is 0 Å². The van der Waals surface area contributed by atoms with Crippen LogP contribution in [0, 0.1) is 0 Å². The van der Waals surface area contributed by atoms with Crippen LogP contribution in [0.25, 0.3) is 0 Å². The minimum absolute atomic E-state index is 0.138. The molecule has 74 valence electrons. The van der Waals surface area contributed by atoms with Crippen molar-refractivity contribution in [1.29, 1.82) is 0 Å². The monoisotopic (exact) mass is 185 g/mol. The Labute approximate surface area is 77.3 Å². The molecule has 0 aliphatic carbocycles. The lowest BCUT2D eigenvalue weighted by Crippen LogP contribution is -2.06. The van der Waals surface area contributed by atoms with E-state index in [4.69, 9.17) is 15.0 Å². The van der Waals surface area contributed by atoms with E-state index < -0.39 is 0 Å². The molecule has 0 spiro atoms. The highest BCUT2D eigenvalue weighted by Gasteiger charge is 2.15. The summed E-state index contributed by atoms with van der Waals surface area (Å²) in [5.74, 6) is 0.996. The maximum absolute atomic E-state index is 5.56. The predicted molar refractivity (Wildman–Crippen MR) is 46.9 cm³/mol. The summed E-state index contributed by atoms with van der Waals surface area (Å²) in [6.07, 6.45) is -0.138. The Morgan fingerprint density at radius 3 is 2.69 bits per heavy atom. The minimum Gasteiger partial charge on any atom is -0.371 e. The van der Waals surface area contributed by atoms with E-state index in [1.54, 1.807) is 6.92 Å². The fourth-order valence-corrected chi connectivity index (χ4v) is 0.922. The van der Waals surface area contributed by atoms with Crippen molar-refractivity contribution in [2.24, 2.45) is 5.73 Å². The van der Waals surface area contributed by atoms with E-state index in [0.29, 0.717) is 18.3 Å². The summed E-state index contributed by atoms with van der Waals surface area (Å²) in [5.41, 5.74) is 5.56. The van der Waals surface area contributed by atoms with Gasteiger partial charge in [0.2, 0.25) is 5.89 Å². The number of aromatic nitrogens is 2. The zero-order chi connectivity index (χ0) is 9.84. The first-order valence-electron chi connectivity index (χ1n) is 4.35. The van der Waals surface area contributed by atoms with Crippen LogP contribution in [0.4, 0.5) is 0 Å². The normalized spacial score (nSPS) is 15.7. The molecule has 1 unspecified atom stereocenters. The van der Waals surface area contributed by atoms with Gasteiger partial charge in [-0.25, -0.2) is 0 Å². The van der Waals surface area contributed by atoms with Crippen LogP contribution in [0.15, 0.2) is 4.52 Å². The Balaban J connectivity index is 2.67. The number of ether oxygens (including phenoxy) is 1. The van der Waals surface area contributed by atoms with Crippen LogP contribution >= 0.6 is 0 Å². The summed E-state index contributed by atoms with van der Waals surface area (Å²) in [5, 5.41) is 3.76. The van der Waals surface area contributed by atoms with Gasteiger partial charge < -0.3 is 15.0 Å². The molecule has 0 radical (unpaired) electrons. The molecule has 0 bridgehead atoms. The van der Waals surface area contributed by atoms with Gasteiger partial charge in [0.25, 0.3) is 0 Å². The highest BCUT2D eigenvalue weighted by Crippen LogP contribution is 2.14. The maximum Gasteiger partial charge on any atom is 0.243 e. The molecule has 5 heteroatoms.